The number of thioether (sulfide) groups is 1. The molecule has 0 aliphatic carbocycles. The van der Waals surface area contributed by atoms with Gasteiger partial charge in [-0.15, -0.1) is 45.9 Å². The van der Waals surface area contributed by atoms with Crippen molar-refractivity contribution >= 4 is 41.7 Å². The largest absolute Gasteiger partial charge is 0.356 e. The van der Waals surface area contributed by atoms with E-state index in [0.717, 1.165) is 50.7 Å². The number of aryl methyl sites for hydroxylation is 2. The molecule has 0 saturated carbocycles. The number of nitrogens with zero attached hydrogens (tertiary/aromatic N) is 5. The molecule has 8 heteroatoms. The zero-order chi connectivity index (χ0) is 19.8. The van der Waals surface area contributed by atoms with Gasteiger partial charge in [-0.05, 0) is 43.2 Å². The highest BCUT2D eigenvalue weighted by atomic mass is 127. The molecular weight excluding hydrogens is 495 g/mol. The van der Waals surface area contributed by atoms with E-state index in [1.54, 1.807) is 11.8 Å². The summed E-state index contributed by atoms with van der Waals surface area (Å²) in [6.45, 7) is 2.79. The summed E-state index contributed by atoms with van der Waals surface area (Å²) in [4.78, 5) is 7.89. The Labute approximate surface area is 196 Å². The summed E-state index contributed by atoms with van der Waals surface area (Å²) in [6.07, 6.45) is 8.93. The predicted octanol–water partition coefficient (Wildman–Crippen LogP) is 3.98. The summed E-state index contributed by atoms with van der Waals surface area (Å²) in [6, 6.07) is 8.72. The highest BCUT2D eigenvalue weighted by Crippen LogP contribution is 2.16. The number of hydrogen-bond acceptors (Lipinski definition) is 4. The van der Waals surface area contributed by atoms with E-state index in [4.69, 9.17) is 0 Å². The van der Waals surface area contributed by atoms with Crippen LogP contribution in [0.5, 0.6) is 0 Å². The molecular formula is C21H33IN6S. The first kappa shape index (κ1) is 24.0. The lowest BCUT2D eigenvalue weighted by Crippen LogP contribution is -2.39. The molecule has 0 amide bonds. The lowest BCUT2D eigenvalue weighted by Gasteiger charge is -2.22. The summed E-state index contributed by atoms with van der Waals surface area (Å²) in [5.74, 6) is 3.23. The number of nitrogens with one attached hydrogen (secondary N) is 1. The van der Waals surface area contributed by atoms with Crippen molar-refractivity contribution in [3.8, 4) is 0 Å². The van der Waals surface area contributed by atoms with Gasteiger partial charge in [0.05, 0.1) is 0 Å². The van der Waals surface area contributed by atoms with Gasteiger partial charge in [0.1, 0.15) is 11.6 Å². The Morgan fingerprint density at radius 1 is 1.21 bits per heavy atom. The molecule has 0 atom stereocenters. The van der Waals surface area contributed by atoms with Crippen molar-refractivity contribution in [3.05, 3.63) is 41.5 Å². The van der Waals surface area contributed by atoms with E-state index in [0.29, 0.717) is 0 Å². The molecule has 0 saturated heterocycles. The third-order valence-electron chi connectivity index (χ3n) is 5.20. The highest BCUT2D eigenvalue weighted by molar-refractivity contribution is 14.0. The minimum absolute atomic E-state index is 0. The van der Waals surface area contributed by atoms with Crippen LogP contribution >= 0.6 is 35.7 Å². The van der Waals surface area contributed by atoms with E-state index in [-0.39, 0.29) is 24.0 Å². The summed E-state index contributed by atoms with van der Waals surface area (Å²) in [5, 5.41) is 12.3. The second kappa shape index (κ2) is 12.4. The van der Waals surface area contributed by atoms with Crippen molar-refractivity contribution in [3.63, 3.8) is 0 Å². The number of fused-ring (bicyclic) bond motifs is 1. The number of benzene rings is 1. The van der Waals surface area contributed by atoms with Gasteiger partial charge >= 0.3 is 0 Å². The molecule has 0 spiro atoms. The lowest BCUT2D eigenvalue weighted by atomic mass is 10.2. The number of aromatic nitrogens is 3. The zero-order valence-corrected chi connectivity index (χ0v) is 20.9. The maximum absolute atomic E-state index is 4.43. The van der Waals surface area contributed by atoms with Crippen molar-refractivity contribution in [1.82, 2.24) is 25.0 Å². The third kappa shape index (κ3) is 6.87. The van der Waals surface area contributed by atoms with E-state index in [2.05, 4.69) is 67.5 Å². The standard InChI is InChI=1S/C21H32N6S.HI/c1-22-21(26(2)16-17-10-12-18(28-3)13-11-17)23-14-7-9-20-25-24-19-8-5-4-6-15-27(19)20;/h10-13H,4-9,14-16H2,1-3H3,(H,22,23);1H. The number of halogens is 1. The third-order valence-corrected chi connectivity index (χ3v) is 5.94. The van der Waals surface area contributed by atoms with Crippen molar-refractivity contribution in [2.75, 3.05) is 26.9 Å². The average Bonchev–Trinajstić information content (AvgIpc) is 2.94. The van der Waals surface area contributed by atoms with Gasteiger partial charge in [-0.3, -0.25) is 4.99 Å². The van der Waals surface area contributed by atoms with Gasteiger partial charge < -0.3 is 14.8 Å². The monoisotopic (exact) mass is 528 g/mol. The van der Waals surface area contributed by atoms with Gasteiger partial charge in [0.2, 0.25) is 0 Å². The van der Waals surface area contributed by atoms with Gasteiger partial charge in [0.25, 0.3) is 0 Å². The summed E-state index contributed by atoms with van der Waals surface area (Å²) in [5.41, 5.74) is 1.29. The SMILES string of the molecule is CN=C(NCCCc1nnc2n1CCCCC2)N(C)Cc1ccc(SC)cc1.I. The fraction of sp³-hybridized carbons (Fsp3) is 0.571. The summed E-state index contributed by atoms with van der Waals surface area (Å²) >= 11 is 1.77. The van der Waals surface area contributed by atoms with Crippen LogP contribution in [0.25, 0.3) is 0 Å². The van der Waals surface area contributed by atoms with Crippen LogP contribution in [0.4, 0.5) is 0 Å². The number of aliphatic imine (C=N–C) groups is 1. The van der Waals surface area contributed by atoms with Crippen molar-refractivity contribution in [2.24, 2.45) is 4.99 Å². The Kier molecular flexibility index (Phi) is 10.3. The number of rotatable bonds is 7. The van der Waals surface area contributed by atoms with Gasteiger partial charge in [0, 0.05) is 51.5 Å². The van der Waals surface area contributed by atoms with Crippen LogP contribution in [0.1, 0.15) is 42.9 Å². The first-order valence-electron chi connectivity index (χ1n) is 10.2. The molecule has 29 heavy (non-hydrogen) atoms. The van der Waals surface area contributed by atoms with Crippen LogP contribution in [0.2, 0.25) is 0 Å². The summed E-state index contributed by atoms with van der Waals surface area (Å²) in [7, 11) is 3.92. The fourth-order valence-electron chi connectivity index (χ4n) is 3.64. The smallest absolute Gasteiger partial charge is 0.193 e. The van der Waals surface area contributed by atoms with Crippen LogP contribution < -0.4 is 5.32 Å². The van der Waals surface area contributed by atoms with E-state index in [9.17, 15) is 0 Å². The Balaban J connectivity index is 0.00000300. The minimum Gasteiger partial charge on any atom is -0.356 e. The molecule has 1 aromatic heterocycles. The van der Waals surface area contributed by atoms with Crippen LogP contribution in [0.15, 0.2) is 34.2 Å². The molecule has 0 unspecified atom stereocenters. The van der Waals surface area contributed by atoms with Crippen molar-refractivity contribution in [2.45, 2.75) is 56.5 Å². The Morgan fingerprint density at radius 2 is 2.00 bits per heavy atom. The van der Waals surface area contributed by atoms with Gasteiger partial charge in [-0.1, -0.05) is 18.6 Å². The fourth-order valence-corrected chi connectivity index (χ4v) is 4.05. The molecule has 1 aliphatic rings. The van der Waals surface area contributed by atoms with E-state index in [1.165, 1.54) is 35.5 Å². The van der Waals surface area contributed by atoms with Crippen LogP contribution in [-0.4, -0.2) is 52.5 Å². The predicted molar refractivity (Wildman–Crippen MR) is 132 cm³/mol. The average molecular weight is 529 g/mol. The van der Waals surface area contributed by atoms with Crippen LogP contribution in [0, 0.1) is 0 Å². The molecule has 6 nitrogen and oxygen atoms in total. The van der Waals surface area contributed by atoms with E-state index < -0.39 is 0 Å². The van der Waals surface area contributed by atoms with Crippen LogP contribution in [-0.2, 0) is 25.9 Å². The minimum atomic E-state index is 0. The van der Waals surface area contributed by atoms with E-state index in [1.807, 2.05) is 7.05 Å². The second-order valence-electron chi connectivity index (χ2n) is 7.28. The summed E-state index contributed by atoms with van der Waals surface area (Å²) < 4.78 is 2.34. The molecule has 160 valence electrons. The molecule has 0 fully saturated rings. The van der Waals surface area contributed by atoms with Gasteiger partial charge in [0.15, 0.2) is 5.96 Å². The zero-order valence-electron chi connectivity index (χ0n) is 17.7. The number of hydrogen-bond donors (Lipinski definition) is 1. The normalized spacial score (nSPS) is 14.0. The van der Waals surface area contributed by atoms with Crippen LogP contribution in [0.3, 0.4) is 0 Å². The van der Waals surface area contributed by atoms with Crippen molar-refractivity contribution in [1.29, 1.82) is 0 Å². The van der Waals surface area contributed by atoms with E-state index >= 15 is 0 Å². The molecule has 1 aromatic carbocycles. The molecule has 0 radical (unpaired) electrons. The molecule has 3 rings (SSSR count). The second-order valence-corrected chi connectivity index (χ2v) is 8.16. The maximum atomic E-state index is 4.43. The highest BCUT2D eigenvalue weighted by Gasteiger charge is 2.14. The molecule has 1 N–H and O–H groups in total. The first-order chi connectivity index (χ1) is 13.7. The van der Waals surface area contributed by atoms with Gasteiger partial charge in [-0.25, -0.2) is 0 Å². The Hall–Kier alpha value is -1.29. The molecule has 1 aliphatic heterocycles. The lowest BCUT2D eigenvalue weighted by molar-refractivity contribution is 0.475. The Morgan fingerprint density at radius 3 is 2.72 bits per heavy atom. The first-order valence-corrected chi connectivity index (χ1v) is 11.4. The van der Waals surface area contributed by atoms with Gasteiger partial charge in [-0.2, -0.15) is 0 Å². The molecule has 0 bridgehead atoms. The maximum Gasteiger partial charge on any atom is 0.193 e. The molecule has 2 heterocycles. The van der Waals surface area contributed by atoms with Crippen molar-refractivity contribution < 1.29 is 0 Å². The Bertz CT molecular complexity index is 774. The quantitative estimate of drug-likeness (QED) is 0.194. The molecule has 2 aromatic rings. The topological polar surface area (TPSA) is 58.3 Å². The number of guanidine groups is 1.